The summed E-state index contributed by atoms with van der Waals surface area (Å²) in [7, 11) is 3.50. The monoisotopic (exact) mass is 492 g/mol. The van der Waals surface area contributed by atoms with Crippen molar-refractivity contribution in [3.63, 3.8) is 0 Å². The van der Waals surface area contributed by atoms with Gasteiger partial charge in [-0.3, -0.25) is 14.2 Å². The van der Waals surface area contributed by atoms with Crippen LogP contribution in [0.4, 0.5) is 5.69 Å². The second kappa shape index (κ2) is 9.30. The number of rotatable bonds is 6. The number of anilines is 1. The summed E-state index contributed by atoms with van der Waals surface area (Å²) >= 11 is 1.30. The molecule has 0 unspecified atom stereocenters. The Morgan fingerprint density at radius 3 is 2.83 bits per heavy atom. The highest BCUT2D eigenvalue weighted by molar-refractivity contribution is 7.99. The van der Waals surface area contributed by atoms with Gasteiger partial charge in [0.15, 0.2) is 5.16 Å². The molecule has 5 rings (SSSR count). The summed E-state index contributed by atoms with van der Waals surface area (Å²) in [6, 6.07) is 11.6. The zero-order valence-electron chi connectivity index (χ0n) is 20.3. The van der Waals surface area contributed by atoms with Gasteiger partial charge in [-0.1, -0.05) is 24.8 Å². The number of ether oxygens (including phenoxy) is 2. The first-order valence-corrected chi connectivity index (χ1v) is 12.6. The maximum absolute atomic E-state index is 13.6. The molecule has 0 radical (unpaired) electrons. The largest absolute Gasteiger partial charge is 0.497 e. The molecule has 1 amide bonds. The number of amides is 1. The second-order valence-corrected chi connectivity index (χ2v) is 9.59. The van der Waals surface area contributed by atoms with Crippen molar-refractivity contribution in [1.29, 1.82) is 0 Å². The van der Waals surface area contributed by atoms with Crippen molar-refractivity contribution in [1.82, 2.24) is 14.1 Å². The lowest BCUT2D eigenvalue weighted by atomic mass is 10.1. The van der Waals surface area contributed by atoms with Crippen LogP contribution in [0, 0.1) is 6.92 Å². The van der Waals surface area contributed by atoms with Gasteiger partial charge >= 0.3 is 0 Å². The van der Waals surface area contributed by atoms with Crippen LogP contribution >= 0.6 is 11.8 Å². The highest BCUT2D eigenvalue weighted by Gasteiger charge is 2.25. The molecule has 2 aromatic carbocycles. The number of aryl methyl sites for hydroxylation is 2. The molecule has 0 aliphatic carbocycles. The molecule has 2 aromatic heterocycles. The van der Waals surface area contributed by atoms with E-state index in [1.54, 1.807) is 16.6 Å². The van der Waals surface area contributed by atoms with Gasteiger partial charge in [-0.2, -0.15) is 0 Å². The van der Waals surface area contributed by atoms with Crippen LogP contribution < -0.4 is 19.9 Å². The number of thioether (sulfide) groups is 1. The lowest BCUT2D eigenvalue weighted by Gasteiger charge is -2.29. The number of carbonyl (C=O) groups excluding carboxylic acids is 1. The molecular formula is C26H28N4O4S. The first-order valence-electron chi connectivity index (χ1n) is 11.7. The topological polar surface area (TPSA) is 78.6 Å². The quantitative estimate of drug-likeness (QED) is 0.297. The Kier molecular flexibility index (Phi) is 6.19. The van der Waals surface area contributed by atoms with Crippen LogP contribution in [-0.4, -0.2) is 46.0 Å². The molecule has 9 heteroatoms. The number of nitrogens with zero attached hydrogens (tertiary/aromatic N) is 4. The molecule has 1 aliphatic rings. The molecule has 0 bridgehead atoms. The van der Waals surface area contributed by atoms with Gasteiger partial charge in [0, 0.05) is 19.0 Å². The minimum absolute atomic E-state index is 0.0397. The predicted molar refractivity (Wildman–Crippen MR) is 139 cm³/mol. The van der Waals surface area contributed by atoms with E-state index in [1.807, 2.05) is 61.9 Å². The smallest absolute Gasteiger partial charge is 0.278 e. The van der Waals surface area contributed by atoms with Gasteiger partial charge in [-0.15, -0.1) is 0 Å². The standard InChI is InChI=1S/C26H28N4O4S/c1-5-10-30-25(32)24-23(18-14-17(33-4)7-8-19(18)28(24)3)27-26(30)35-15-22(31)29-11-12-34-21-9-6-16(2)13-20(21)29/h6-9,13-14H,5,10-12,15H2,1-4H3. The van der Waals surface area contributed by atoms with Crippen LogP contribution in [0.3, 0.4) is 0 Å². The molecule has 1 aliphatic heterocycles. The highest BCUT2D eigenvalue weighted by atomic mass is 32.2. The van der Waals surface area contributed by atoms with Gasteiger partial charge in [0.25, 0.3) is 5.56 Å². The molecule has 182 valence electrons. The molecule has 0 spiro atoms. The number of fused-ring (bicyclic) bond motifs is 4. The van der Waals surface area contributed by atoms with Crippen LogP contribution in [0.5, 0.6) is 11.5 Å². The second-order valence-electron chi connectivity index (χ2n) is 8.64. The van der Waals surface area contributed by atoms with Crippen molar-refractivity contribution < 1.29 is 14.3 Å². The minimum atomic E-state index is -0.100. The molecule has 3 heterocycles. The zero-order chi connectivity index (χ0) is 24.7. The van der Waals surface area contributed by atoms with Crippen LogP contribution in [0.15, 0.2) is 46.3 Å². The highest BCUT2D eigenvalue weighted by Crippen LogP contribution is 2.34. The molecule has 0 N–H and O–H groups in total. The average molecular weight is 493 g/mol. The molecule has 8 nitrogen and oxygen atoms in total. The van der Waals surface area contributed by atoms with Crippen molar-refractivity contribution in [2.75, 3.05) is 30.9 Å². The van der Waals surface area contributed by atoms with Gasteiger partial charge < -0.3 is 18.9 Å². The third-order valence-electron chi connectivity index (χ3n) is 6.32. The molecule has 0 saturated carbocycles. The van der Waals surface area contributed by atoms with Crippen LogP contribution in [0.2, 0.25) is 0 Å². The lowest BCUT2D eigenvalue weighted by Crippen LogP contribution is -2.39. The van der Waals surface area contributed by atoms with E-state index in [0.29, 0.717) is 47.4 Å². The van der Waals surface area contributed by atoms with Crippen molar-refractivity contribution in [2.24, 2.45) is 7.05 Å². The number of carbonyl (C=O) groups is 1. The molecule has 0 fully saturated rings. The Balaban J connectivity index is 1.53. The predicted octanol–water partition coefficient (Wildman–Crippen LogP) is 4.13. The maximum atomic E-state index is 13.6. The molecule has 0 saturated heterocycles. The summed E-state index contributed by atoms with van der Waals surface area (Å²) in [4.78, 5) is 33.5. The summed E-state index contributed by atoms with van der Waals surface area (Å²) in [5.41, 5.74) is 3.84. The van der Waals surface area contributed by atoms with Gasteiger partial charge in [-0.05, 0) is 49.2 Å². The van der Waals surface area contributed by atoms with E-state index in [0.717, 1.165) is 28.6 Å². The molecule has 0 atom stereocenters. The van der Waals surface area contributed by atoms with Gasteiger partial charge in [-0.25, -0.2) is 4.98 Å². The number of benzene rings is 2. The molecule has 4 aromatic rings. The fourth-order valence-corrected chi connectivity index (χ4v) is 5.48. The summed E-state index contributed by atoms with van der Waals surface area (Å²) in [5.74, 6) is 1.55. The fraction of sp³-hybridized carbons (Fsp3) is 0.346. The van der Waals surface area contributed by atoms with Crippen molar-refractivity contribution >= 4 is 45.3 Å². The van der Waals surface area contributed by atoms with E-state index in [4.69, 9.17) is 14.5 Å². The van der Waals surface area contributed by atoms with Gasteiger partial charge in [0.1, 0.15) is 29.1 Å². The third-order valence-corrected chi connectivity index (χ3v) is 7.28. The minimum Gasteiger partial charge on any atom is -0.497 e. The maximum Gasteiger partial charge on any atom is 0.278 e. The van der Waals surface area contributed by atoms with E-state index < -0.39 is 0 Å². The Hall–Kier alpha value is -3.46. The van der Waals surface area contributed by atoms with Crippen molar-refractivity contribution in [3.8, 4) is 11.5 Å². The molecular weight excluding hydrogens is 464 g/mol. The van der Waals surface area contributed by atoms with E-state index in [-0.39, 0.29) is 17.2 Å². The SMILES string of the molecule is CCCn1c(SCC(=O)N2CCOc3ccc(C)cc32)nc2c3cc(OC)ccc3n(C)c2c1=O. The van der Waals surface area contributed by atoms with E-state index in [9.17, 15) is 9.59 Å². The summed E-state index contributed by atoms with van der Waals surface area (Å²) < 4.78 is 14.7. The fourth-order valence-electron chi connectivity index (χ4n) is 4.58. The van der Waals surface area contributed by atoms with Crippen molar-refractivity contribution in [2.45, 2.75) is 32.0 Å². The van der Waals surface area contributed by atoms with Gasteiger partial charge in [0.2, 0.25) is 5.91 Å². The number of aromatic nitrogens is 3. The first kappa shape index (κ1) is 23.3. The Morgan fingerprint density at radius 2 is 2.06 bits per heavy atom. The number of methoxy groups -OCH3 is 1. The Bertz CT molecular complexity index is 1510. The Morgan fingerprint density at radius 1 is 1.23 bits per heavy atom. The third kappa shape index (κ3) is 4.03. The molecule has 35 heavy (non-hydrogen) atoms. The van der Waals surface area contributed by atoms with Crippen molar-refractivity contribution in [3.05, 3.63) is 52.3 Å². The van der Waals surface area contributed by atoms with E-state index >= 15 is 0 Å². The van der Waals surface area contributed by atoms with Gasteiger partial charge in [0.05, 0.1) is 30.6 Å². The lowest BCUT2D eigenvalue weighted by molar-refractivity contribution is -0.116. The normalized spacial score (nSPS) is 13.2. The summed E-state index contributed by atoms with van der Waals surface area (Å²) in [6.45, 7) is 5.49. The van der Waals surface area contributed by atoms with E-state index in [2.05, 4.69) is 0 Å². The van der Waals surface area contributed by atoms with Crippen LogP contribution in [-0.2, 0) is 18.4 Å². The summed E-state index contributed by atoms with van der Waals surface area (Å²) in [5, 5.41) is 1.40. The Labute approximate surface area is 207 Å². The van der Waals surface area contributed by atoms with Crippen LogP contribution in [0.1, 0.15) is 18.9 Å². The van der Waals surface area contributed by atoms with Crippen LogP contribution in [0.25, 0.3) is 21.9 Å². The average Bonchev–Trinajstić information content (AvgIpc) is 3.15. The summed E-state index contributed by atoms with van der Waals surface area (Å²) in [6.07, 6.45) is 0.780. The number of hydrogen-bond donors (Lipinski definition) is 0. The first-order chi connectivity index (χ1) is 16.9. The zero-order valence-corrected chi connectivity index (χ0v) is 21.1. The number of hydrogen-bond acceptors (Lipinski definition) is 6. The van der Waals surface area contributed by atoms with E-state index in [1.165, 1.54) is 11.8 Å².